The summed E-state index contributed by atoms with van der Waals surface area (Å²) in [6, 6.07) is 3.57. The van der Waals surface area contributed by atoms with Crippen LogP contribution in [0.2, 0.25) is 0 Å². The standard InChI is InChI=1S/C16H14F2N4OS2/c1-9(25-16-19-5-6-22(16)2)14(23)21-15-20-13(8-24-15)10-3-4-11(17)12(18)7-10/h3-9H,1-2H3,(H,20,21,23). The van der Waals surface area contributed by atoms with Crippen molar-refractivity contribution in [1.29, 1.82) is 0 Å². The molecular formula is C16H14F2N4OS2. The van der Waals surface area contributed by atoms with E-state index in [0.717, 1.165) is 17.3 Å². The third kappa shape index (κ3) is 4.05. The van der Waals surface area contributed by atoms with E-state index < -0.39 is 11.6 Å². The summed E-state index contributed by atoms with van der Waals surface area (Å²) in [6.07, 6.45) is 3.48. The van der Waals surface area contributed by atoms with Crippen molar-refractivity contribution in [2.75, 3.05) is 5.32 Å². The Kier molecular flexibility index (Phi) is 5.14. The van der Waals surface area contributed by atoms with Gasteiger partial charge in [0.25, 0.3) is 0 Å². The molecule has 1 unspecified atom stereocenters. The summed E-state index contributed by atoms with van der Waals surface area (Å²) in [5.74, 6) is -2.05. The maximum atomic E-state index is 13.3. The van der Waals surface area contributed by atoms with Gasteiger partial charge in [-0.25, -0.2) is 18.7 Å². The smallest absolute Gasteiger partial charge is 0.239 e. The first-order valence-corrected chi connectivity index (χ1v) is 9.06. The second-order valence-electron chi connectivity index (χ2n) is 5.24. The maximum absolute atomic E-state index is 13.3. The Hall–Kier alpha value is -2.26. The van der Waals surface area contributed by atoms with Crippen LogP contribution in [0.15, 0.2) is 41.1 Å². The molecule has 25 heavy (non-hydrogen) atoms. The minimum atomic E-state index is -0.934. The molecule has 9 heteroatoms. The van der Waals surface area contributed by atoms with Gasteiger partial charge in [0.2, 0.25) is 5.91 Å². The minimum Gasteiger partial charge on any atom is -0.329 e. The Balaban J connectivity index is 1.67. The van der Waals surface area contributed by atoms with Crippen molar-refractivity contribution in [3.8, 4) is 11.3 Å². The highest BCUT2D eigenvalue weighted by Gasteiger charge is 2.18. The molecule has 0 aliphatic heterocycles. The van der Waals surface area contributed by atoms with Gasteiger partial charge in [0.05, 0.1) is 10.9 Å². The second kappa shape index (κ2) is 7.32. The molecule has 3 rings (SSSR count). The van der Waals surface area contributed by atoms with Gasteiger partial charge in [-0.05, 0) is 25.1 Å². The van der Waals surface area contributed by atoms with E-state index >= 15 is 0 Å². The van der Waals surface area contributed by atoms with Gasteiger partial charge in [-0.15, -0.1) is 11.3 Å². The van der Waals surface area contributed by atoms with E-state index in [1.165, 1.54) is 29.2 Å². The van der Waals surface area contributed by atoms with Crippen LogP contribution in [-0.4, -0.2) is 25.7 Å². The molecule has 0 aliphatic rings. The number of amides is 1. The summed E-state index contributed by atoms with van der Waals surface area (Å²) in [5.41, 5.74) is 0.926. The molecule has 1 N–H and O–H groups in total. The van der Waals surface area contributed by atoms with E-state index in [0.29, 0.717) is 16.4 Å². The Morgan fingerprint density at radius 2 is 2.16 bits per heavy atom. The summed E-state index contributed by atoms with van der Waals surface area (Å²) in [4.78, 5) is 20.7. The molecule has 0 radical (unpaired) electrons. The number of hydrogen-bond donors (Lipinski definition) is 1. The Morgan fingerprint density at radius 3 is 2.84 bits per heavy atom. The number of carbonyl (C=O) groups is 1. The SMILES string of the molecule is CC(Sc1nccn1C)C(=O)Nc1nc(-c2ccc(F)c(F)c2)cs1. The molecule has 0 aliphatic carbocycles. The van der Waals surface area contributed by atoms with Crippen LogP contribution in [0, 0.1) is 11.6 Å². The monoisotopic (exact) mass is 380 g/mol. The second-order valence-corrected chi connectivity index (χ2v) is 7.40. The third-order valence-electron chi connectivity index (χ3n) is 3.38. The number of thioether (sulfide) groups is 1. The van der Waals surface area contributed by atoms with E-state index in [9.17, 15) is 13.6 Å². The quantitative estimate of drug-likeness (QED) is 0.681. The zero-order valence-electron chi connectivity index (χ0n) is 13.4. The fourth-order valence-electron chi connectivity index (χ4n) is 2.00. The molecule has 3 aromatic rings. The van der Waals surface area contributed by atoms with E-state index in [1.807, 2.05) is 17.8 Å². The molecule has 2 heterocycles. The van der Waals surface area contributed by atoms with Gasteiger partial charge >= 0.3 is 0 Å². The third-order valence-corrected chi connectivity index (χ3v) is 5.31. The fraction of sp³-hybridized carbons (Fsp3) is 0.188. The molecule has 0 saturated carbocycles. The number of nitrogens with one attached hydrogen (secondary N) is 1. The molecule has 0 fully saturated rings. The van der Waals surface area contributed by atoms with Gasteiger partial charge in [0.1, 0.15) is 0 Å². The predicted octanol–water partition coefficient (Wildman–Crippen LogP) is 3.94. The number of imidazole rings is 1. The number of hydrogen-bond acceptors (Lipinski definition) is 5. The number of halogens is 2. The molecule has 2 aromatic heterocycles. The average molecular weight is 380 g/mol. The van der Waals surface area contributed by atoms with Gasteiger partial charge in [-0.3, -0.25) is 4.79 Å². The van der Waals surface area contributed by atoms with Gasteiger partial charge in [0.15, 0.2) is 21.9 Å². The first-order chi connectivity index (χ1) is 11.9. The lowest BCUT2D eigenvalue weighted by Gasteiger charge is -2.09. The lowest BCUT2D eigenvalue weighted by Crippen LogP contribution is -2.22. The van der Waals surface area contributed by atoms with E-state index in [-0.39, 0.29) is 11.2 Å². The molecule has 5 nitrogen and oxygen atoms in total. The number of nitrogens with zero attached hydrogens (tertiary/aromatic N) is 3. The van der Waals surface area contributed by atoms with Crippen LogP contribution in [-0.2, 0) is 11.8 Å². The fourth-order valence-corrected chi connectivity index (χ4v) is 3.56. The number of anilines is 1. The molecule has 1 aromatic carbocycles. The van der Waals surface area contributed by atoms with Crippen molar-refractivity contribution in [2.24, 2.45) is 7.05 Å². The minimum absolute atomic E-state index is 0.209. The Morgan fingerprint density at radius 1 is 1.36 bits per heavy atom. The first-order valence-electron chi connectivity index (χ1n) is 7.30. The molecule has 0 saturated heterocycles. The first kappa shape index (κ1) is 17.6. The highest BCUT2D eigenvalue weighted by Crippen LogP contribution is 2.27. The van der Waals surface area contributed by atoms with Crippen LogP contribution >= 0.6 is 23.1 Å². The zero-order valence-corrected chi connectivity index (χ0v) is 15.0. The van der Waals surface area contributed by atoms with Crippen molar-refractivity contribution in [1.82, 2.24) is 14.5 Å². The maximum Gasteiger partial charge on any atom is 0.239 e. The normalized spacial score (nSPS) is 12.2. The molecule has 0 spiro atoms. The topological polar surface area (TPSA) is 59.8 Å². The van der Waals surface area contributed by atoms with Crippen molar-refractivity contribution in [3.63, 3.8) is 0 Å². The lowest BCUT2D eigenvalue weighted by atomic mass is 10.2. The van der Waals surface area contributed by atoms with Gasteiger partial charge in [-0.1, -0.05) is 11.8 Å². The van der Waals surface area contributed by atoms with Gasteiger partial charge in [-0.2, -0.15) is 0 Å². The number of rotatable bonds is 5. The number of carbonyl (C=O) groups excluding carboxylic acids is 1. The number of benzene rings is 1. The highest BCUT2D eigenvalue weighted by atomic mass is 32.2. The summed E-state index contributed by atoms with van der Waals surface area (Å²) in [5, 5.41) is 5.19. The molecule has 1 amide bonds. The van der Waals surface area contributed by atoms with Gasteiger partial charge < -0.3 is 9.88 Å². The van der Waals surface area contributed by atoms with Crippen LogP contribution in [0.4, 0.5) is 13.9 Å². The number of aryl methyl sites for hydroxylation is 1. The van der Waals surface area contributed by atoms with Crippen LogP contribution in [0.1, 0.15) is 6.92 Å². The Bertz CT molecular complexity index is 909. The molecule has 130 valence electrons. The highest BCUT2D eigenvalue weighted by molar-refractivity contribution is 8.00. The van der Waals surface area contributed by atoms with Crippen molar-refractivity contribution >= 4 is 34.1 Å². The van der Waals surface area contributed by atoms with Gasteiger partial charge in [0, 0.05) is 30.4 Å². The van der Waals surface area contributed by atoms with E-state index in [4.69, 9.17) is 0 Å². The predicted molar refractivity (Wildman–Crippen MR) is 94.6 cm³/mol. The van der Waals surface area contributed by atoms with E-state index in [2.05, 4.69) is 15.3 Å². The summed E-state index contributed by atoms with van der Waals surface area (Å²) in [7, 11) is 1.86. The summed E-state index contributed by atoms with van der Waals surface area (Å²) in [6.45, 7) is 1.78. The molecule has 0 bridgehead atoms. The lowest BCUT2D eigenvalue weighted by molar-refractivity contribution is -0.115. The van der Waals surface area contributed by atoms with Crippen molar-refractivity contribution in [2.45, 2.75) is 17.3 Å². The van der Waals surface area contributed by atoms with Crippen LogP contribution in [0.5, 0.6) is 0 Å². The van der Waals surface area contributed by atoms with Crippen LogP contribution in [0.3, 0.4) is 0 Å². The Labute approximate surface area is 151 Å². The molecule has 1 atom stereocenters. The van der Waals surface area contributed by atoms with Crippen molar-refractivity contribution < 1.29 is 13.6 Å². The van der Waals surface area contributed by atoms with Crippen LogP contribution < -0.4 is 5.32 Å². The van der Waals surface area contributed by atoms with Crippen molar-refractivity contribution in [3.05, 3.63) is 47.6 Å². The average Bonchev–Trinajstić information content (AvgIpc) is 3.20. The van der Waals surface area contributed by atoms with Crippen LogP contribution in [0.25, 0.3) is 11.3 Å². The molecular weight excluding hydrogens is 366 g/mol. The zero-order chi connectivity index (χ0) is 18.0. The van der Waals surface area contributed by atoms with E-state index in [1.54, 1.807) is 18.5 Å². The largest absolute Gasteiger partial charge is 0.329 e. The number of aromatic nitrogens is 3. The number of thiazole rings is 1. The summed E-state index contributed by atoms with van der Waals surface area (Å²) >= 11 is 2.56. The summed E-state index contributed by atoms with van der Waals surface area (Å²) < 4.78 is 28.2.